The van der Waals surface area contributed by atoms with Crippen LogP contribution in [0.1, 0.15) is 54.4 Å². The molecule has 6 heteroatoms. The zero-order valence-corrected chi connectivity index (χ0v) is 14.9. The van der Waals surface area contributed by atoms with Crippen molar-refractivity contribution in [1.29, 1.82) is 0 Å². The largest absolute Gasteiger partial charge is 0.443 e. The Kier molecular flexibility index (Phi) is 9.28. The van der Waals surface area contributed by atoms with Gasteiger partial charge in [-0.25, -0.2) is 9.69 Å². The normalized spacial score (nSPS) is 13.1. The molecule has 0 radical (unpaired) electrons. The molecule has 22 heavy (non-hydrogen) atoms. The number of ether oxygens (including phenoxy) is 1. The zero-order chi connectivity index (χ0) is 17.3. The summed E-state index contributed by atoms with van der Waals surface area (Å²) in [5, 5.41) is 3.17. The first kappa shape index (κ1) is 20.9. The summed E-state index contributed by atoms with van der Waals surface area (Å²) in [7, 11) is 0. The van der Waals surface area contributed by atoms with Gasteiger partial charge in [0.15, 0.2) is 0 Å². The van der Waals surface area contributed by atoms with Crippen molar-refractivity contribution in [2.45, 2.75) is 66.0 Å². The van der Waals surface area contributed by atoms with E-state index in [0.29, 0.717) is 25.3 Å². The van der Waals surface area contributed by atoms with Crippen molar-refractivity contribution < 1.29 is 14.3 Å². The van der Waals surface area contributed by atoms with Crippen LogP contribution in [0.5, 0.6) is 0 Å². The third-order valence-electron chi connectivity index (χ3n) is 2.91. The first-order chi connectivity index (χ1) is 10.1. The molecular formula is C16H33N3O3. The summed E-state index contributed by atoms with van der Waals surface area (Å²) in [5.74, 6) is -0.0688. The van der Waals surface area contributed by atoms with E-state index in [-0.39, 0.29) is 5.91 Å². The average molecular weight is 315 g/mol. The number of nitrogens with one attached hydrogen (secondary N) is 1. The first-order valence-electron chi connectivity index (χ1n) is 8.09. The minimum absolute atomic E-state index is 0.293. The summed E-state index contributed by atoms with van der Waals surface area (Å²) in [4.78, 5) is 25.9. The Morgan fingerprint density at radius 2 is 1.86 bits per heavy atom. The Bertz CT molecular complexity index is 351. The van der Waals surface area contributed by atoms with Crippen molar-refractivity contribution in [3.8, 4) is 0 Å². The lowest BCUT2D eigenvalue weighted by Gasteiger charge is -2.28. The zero-order valence-electron chi connectivity index (χ0n) is 14.9. The maximum atomic E-state index is 12.4. The molecule has 130 valence electrons. The first-order valence-corrected chi connectivity index (χ1v) is 8.09. The van der Waals surface area contributed by atoms with Crippen LogP contribution in [0.2, 0.25) is 0 Å². The van der Waals surface area contributed by atoms with E-state index in [1.54, 1.807) is 20.8 Å². The van der Waals surface area contributed by atoms with Crippen molar-refractivity contribution in [2.24, 2.45) is 11.7 Å². The van der Waals surface area contributed by atoms with Gasteiger partial charge in [0.2, 0.25) is 5.91 Å². The maximum Gasteiger partial charge on any atom is 0.417 e. The molecule has 6 nitrogen and oxygen atoms in total. The van der Waals surface area contributed by atoms with E-state index in [0.717, 1.165) is 18.0 Å². The highest BCUT2D eigenvalue weighted by Gasteiger charge is 2.30. The number of amides is 2. The molecule has 3 N–H and O–H groups in total. The molecule has 0 aromatic rings. The second-order valence-electron chi connectivity index (χ2n) is 6.91. The van der Waals surface area contributed by atoms with Gasteiger partial charge in [-0.1, -0.05) is 20.8 Å². The number of hydrogen-bond acceptors (Lipinski definition) is 5. The number of hydrogen-bond donors (Lipinski definition) is 2. The molecule has 0 fully saturated rings. The number of carbonyl (C=O) groups is 2. The molecule has 0 spiro atoms. The van der Waals surface area contributed by atoms with Crippen LogP contribution in [0.25, 0.3) is 0 Å². The molecule has 1 atom stereocenters. The van der Waals surface area contributed by atoms with E-state index in [1.807, 2.05) is 20.8 Å². The predicted molar refractivity (Wildman–Crippen MR) is 88.5 cm³/mol. The number of imide groups is 1. The van der Waals surface area contributed by atoms with Gasteiger partial charge >= 0.3 is 6.09 Å². The molecule has 0 unspecified atom stereocenters. The minimum Gasteiger partial charge on any atom is -0.443 e. The average Bonchev–Trinajstić information content (AvgIpc) is 2.35. The SMILES string of the molecule is CCNCCCN(C(=O)OC(C)(C)C)C(=O)[C@@H](N)CC(C)C. The van der Waals surface area contributed by atoms with Crippen LogP contribution < -0.4 is 11.1 Å². The molecule has 0 aromatic carbocycles. The van der Waals surface area contributed by atoms with E-state index in [2.05, 4.69) is 5.32 Å². The van der Waals surface area contributed by atoms with Crippen LogP contribution in [0.15, 0.2) is 0 Å². The van der Waals surface area contributed by atoms with E-state index in [9.17, 15) is 9.59 Å². The Hall–Kier alpha value is -1.14. The fraction of sp³-hybridized carbons (Fsp3) is 0.875. The second-order valence-corrected chi connectivity index (χ2v) is 6.91. The third-order valence-corrected chi connectivity index (χ3v) is 2.91. The molecule has 0 heterocycles. The maximum absolute atomic E-state index is 12.4. The van der Waals surface area contributed by atoms with Crippen LogP contribution in [0, 0.1) is 5.92 Å². The molecule has 0 saturated carbocycles. The van der Waals surface area contributed by atoms with Crippen LogP contribution in [-0.2, 0) is 9.53 Å². The number of nitrogens with two attached hydrogens (primary N) is 1. The monoisotopic (exact) mass is 315 g/mol. The lowest BCUT2D eigenvalue weighted by Crippen LogP contribution is -2.49. The van der Waals surface area contributed by atoms with E-state index in [1.165, 1.54) is 0 Å². The van der Waals surface area contributed by atoms with Gasteiger partial charge in [0, 0.05) is 6.54 Å². The Morgan fingerprint density at radius 1 is 1.27 bits per heavy atom. The van der Waals surface area contributed by atoms with Gasteiger partial charge in [0.25, 0.3) is 0 Å². The second kappa shape index (κ2) is 9.79. The summed E-state index contributed by atoms with van der Waals surface area (Å²) in [5.41, 5.74) is 5.30. The van der Waals surface area contributed by atoms with Gasteiger partial charge in [-0.15, -0.1) is 0 Å². The number of carbonyl (C=O) groups excluding carboxylic acids is 2. The lowest BCUT2D eigenvalue weighted by molar-refractivity contribution is -0.132. The van der Waals surface area contributed by atoms with Gasteiger partial charge in [0.05, 0.1) is 6.04 Å². The molecule has 2 amide bonds. The summed E-state index contributed by atoms with van der Waals surface area (Å²) in [6, 6.07) is -0.674. The topological polar surface area (TPSA) is 84.7 Å². The molecule has 0 saturated heterocycles. The van der Waals surface area contributed by atoms with Crippen LogP contribution in [-0.4, -0.2) is 48.2 Å². The van der Waals surface area contributed by atoms with Gasteiger partial charge in [-0.2, -0.15) is 0 Å². The van der Waals surface area contributed by atoms with E-state index in [4.69, 9.17) is 10.5 Å². The van der Waals surface area contributed by atoms with Crippen LogP contribution in [0.4, 0.5) is 4.79 Å². The fourth-order valence-electron chi connectivity index (χ4n) is 1.96. The number of rotatable bonds is 8. The quantitative estimate of drug-likeness (QED) is 0.670. The summed E-state index contributed by atoms with van der Waals surface area (Å²) in [6.07, 6.45) is 0.603. The molecule has 0 aliphatic heterocycles. The molecule has 0 aromatic heterocycles. The fourth-order valence-corrected chi connectivity index (χ4v) is 1.96. The van der Waals surface area contributed by atoms with E-state index < -0.39 is 17.7 Å². The van der Waals surface area contributed by atoms with Crippen molar-refractivity contribution in [3.05, 3.63) is 0 Å². The van der Waals surface area contributed by atoms with Crippen molar-refractivity contribution >= 4 is 12.0 Å². The number of nitrogens with zero attached hydrogens (tertiary/aromatic N) is 1. The van der Waals surface area contributed by atoms with Gasteiger partial charge < -0.3 is 15.8 Å². The molecule has 0 bridgehead atoms. The van der Waals surface area contributed by atoms with Crippen LogP contribution >= 0.6 is 0 Å². The van der Waals surface area contributed by atoms with Gasteiger partial charge in [-0.05, 0) is 52.6 Å². The highest BCUT2D eigenvalue weighted by molar-refractivity contribution is 5.95. The highest BCUT2D eigenvalue weighted by Crippen LogP contribution is 2.13. The Labute approximate surface area is 134 Å². The van der Waals surface area contributed by atoms with Crippen LogP contribution in [0.3, 0.4) is 0 Å². The van der Waals surface area contributed by atoms with Crippen molar-refractivity contribution in [3.63, 3.8) is 0 Å². The van der Waals surface area contributed by atoms with Gasteiger partial charge in [0.1, 0.15) is 5.60 Å². The third kappa shape index (κ3) is 9.00. The summed E-state index contributed by atoms with van der Waals surface area (Å²) < 4.78 is 5.32. The van der Waals surface area contributed by atoms with Crippen molar-refractivity contribution in [1.82, 2.24) is 10.2 Å². The van der Waals surface area contributed by atoms with E-state index >= 15 is 0 Å². The Balaban J connectivity index is 4.83. The molecule has 0 rings (SSSR count). The molecule has 0 aliphatic rings. The molecular weight excluding hydrogens is 282 g/mol. The highest BCUT2D eigenvalue weighted by atomic mass is 16.6. The van der Waals surface area contributed by atoms with Gasteiger partial charge in [-0.3, -0.25) is 4.79 Å². The minimum atomic E-state index is -0.674. The standard InChI is InChI=1S/C16H33N3O3/c1-7-18-9-8-10-19(15(21)22-16(4,5)6)14(20)13(17)11-12(2)3/h12-13,18H,7-11,17H2,1-6H3/t13-/m0/s1. The smallest absolute Gasteiger partial charge is 0.417 e. The molecule has 0 aliphatic carbocycles. The predicted octanol–water partition coefficient (Wildman–Crippen LogP) is 2.12. The summed E-state index contributed by atoms with van der Waals surface area (Å²) in [6.45, 7) is 13.2. The Morgan fingerprint density at radius 3 is 2.32 bits per heavy atom. The summed E-state index contributed by atoms with van der Waals surface area (Å²) >= 11 is 0. The lowest BCUT2D eigenvalue weighted by atomic mass is 10.0. The van der Waals surface area contributed by atoms with Crippen molar-refractivity contribution in [2.75, 3.05) is 19.6 Å².